The number of aromatic nitrogens is 1. The van der Waals surface area contributed by atoms with E-state index in [0.717, 1.165) is 31.6 Å². The number of nitrogen functional groups attached to an aromatic ring is 1. The molecule has 2 heterocycles. The van der Waals surface area contributed by atoms with Gasteiger partial charge in [0.2, 0.25) is 0 Å². The van der Waals surface area contributed by atoms with Crippen LogP contribution in [0.15, 0.2) is 12.1 Å². The lowest BCUT2D eigenvalue weighted by Gasteiger charge is -2.21. The average molecular weight is 278 g/mol. The Bertz CT molecular complexity index is 450. The summed E-state index contributed by atoms with van der Waals surface area (Å²) >= 11 is 0. The molecule has 1 aliphatic rings. The summed E-state index contributed by atoms with van der Waals surface area (Å²) < 4.78 is 5.56. The summed E-state index contributed by atoms with van der Waals surface area (Å²) in [5, 5.41) is 0. The third kappa shape index (κ3) is 3.46. The van der Waals surface area contributed by atoms with Crippen molar-refractivity contribution in [1.82, 2.24) is 9.88 Å². The molecule has 1 amide bonds. The number of pyridine rings is 1. The quantitative estimate of drug-likeness (QED) is 0.624. The number of amides is 1. The van der Waals surface area contributed by atoms with Crippen LogP contribution < -0.4 is 11.3 Å². The van der Waals surface area contributed by atoms with E-state index >= 15 is 0 Å². The number of nitrogens with one attached hydrogen (secondary N) is 1. The van der Waals surface area contributed by atoms with E-state index in [9.17, 15) is 4.79 Å². The number of carbonyl (C=O) groups is 1. The Labute approximate surface area is 119 Å². The lowest BCUT2D eigenvalue weighted by molar-refractivity contribution is 0.0587. The van der Waals surface area contributed by atoms with Crippen molar-refractivity contribution < 1.29 is 9.53 Å². The van der Waals surface area contributed by atoms with Gasteiger partial charge >= 0.3 is 0 Å². The SMILES string of the molecule is CCc1cc(C(=O)N(C)CC2CCCO2)cc(NN)n1. The molecule has 0 aromatic carbocycles. The Morgan fingerprint density at radius 3 is 3.00 bits per heavy atom. The number of rotatable bonds is 5. The third-order valence-corrected chi connectivity index (χ3v) is 3.48. The number of hydrogen-bond acceptors (Lipinski definition) is 5. The minimum atomic E-state index is -0.0332. The molecule has 1 aromatic heterocycles. The average Bonchev–Trinajstić information content (AvgIpc) is 2.98. The normalized spacial score (nSPS) is 18.1. The first-order valence-corrected chi connectivity index (χ1v) is 6.98. The predicted molar refractivity (Wildman–Crippen MR) is 77.4 cm³/mol. The smallest absolute Gasteiger partial charge is 0.253 e. The fraction of sp³-hybridized carbons (Fsp3) is 0.571. The number of anilines is 1. The Hall–Kier alpha value is -1.66. The van der Waals surface area contributed by atoms with Crippen LogP contribution in [0.4, 0.5) is 5.82 Å². The number of carbonyl (C=O) groups excluding carboxylic acids is 1. The molecule has 2 rings (SSSR count). The number of hydrogen-bond donors (Lipinski definition) is 2. The van der Waals surface area contributed by atoms with Crippen LogP contribution in [0.25, 0.3) is 0 Å². The fourth-order valence-corrected chi connectivity index (χ4v) is 2.36. The summed E-state index contributed by atoms with van der Waals surface area (Å²) in [4.78, 5) is 18.4. The zero-order valence-corrected chi connectivity index (χ0v) is 12.1. The van der Waals surface area contributed by atoms with Gasteiger partial charge in [0.25, 0.3) is 5.91 Å². The second-order valence-electron chi connectivity index (χ2n) is 5.05. The Morgan fingerprint density at radius 1 is 1.60 bits per heavy atom. The molecule has 1 aliphatic heterocycles. The first-order chi connectivity index (χ1) is 9.63. The molecule has 0 saturated carbocycles. The molecular formula is C14H22N4O2. The van der Waals surface area contributed by atoms with Gasteiger partial charge in [0.15, 0.2) is 0 Å². The molecule has 0 radical (unpaired) electrons. The van der Waals surface area contributed by atoms with E-state index < -0.39 is 0 Å². The van der Waals surface area contributed by atoms with Crippen molar-refractivity contribution in [1.29, 1.82) is 0 Å². The maximum absolute atomic E-state index is 12.4. The van der Waals surface area contributed by atoms with Gasteiger partial charge in [-0.05, 0) is 31.4 Å². The molecule has 1 unspecified atom stereocenters. The number of likely N-dealkylation sites (N-methyl/N-ethyl adjacent to an activating group) is 1. The molecular weight excluding hydrogens is 256 g/mol. The van der Waals surface area contributed by atoms with E-state index in [1.54, 1.807) is 18.0 Å². The molecule has 3 N–H and O–H groups in total. The van der Waals surface area contributed by atoms with Gasteiger partial charge in [0, 0.05) is 31.5 Å². The van der Waals surface area contributed by atoms with Gasteiger partial charge in [-0.1, -0.05) is 6.92 Å². The molecule has 6 heteroatoms. The highest BCUT2D eigenvalue weighted by atomic mass is 16.5. The van der Waals surface area contributed by atoms with Gasteiger partial charge in [-0.2, -0.15) is 0 Å². The fourth-order valence-electron chi connectivity index (χ4n) is 2.36. The van der Waals surface area contributed by atoms with Crippen LogP contribution in [0.2, 0.25) is 0 Å². The van der Waals surface area contributed by atoms with Crippen LogP contribution in [0.5, 0.6) is 0 Å². The van der Waals surface area contributed by atoms with Crippen molar-refractivity contribution in [3.8, 4) is 0 Å². The summed E-state index contributed by atoms with van der Waals surface area (Å²) in [6, 6.07) is 3.49. The molecule has 1 aromatic rings. The number of nitrogens with zero attached hydrogens (tertiary/aromatic N) is 2. The molecule has 6 nitrogen and oxygen atoms in total. The van der Waals surface area contributed by atoms with Crippen molar-refractivity contribution >= 4 is 11.7 Å². The maximum atomic E-state index is 12.4. The first-order valence-electron chi connectivity index (χ1n) is 6.98. The minimum Gasteiger partial charge on any atom is -0.376 e. The van der Waals surface area contributed by atoms with Crippen molar-refractivity contribution in [3.05, 3.63) is 23.4 Å². The van der Waals surface area contributed by atoms with Crippen LogP contribution in [0.1, 0.15) is 35.8 Å². The summed E-state index contributed by atoms with van der Waals surface area (Å²) in [6.07, 6.45) is 3.00. The highest BCUT2D eigenvalue weighted by molar-refractivity contribution is 5.94. The van der Waals surface area contributed by atoms with Gasteiger partial charge in [-0.3, -0.25) is 4.79 Å². The zero-order valence-electron chi connectivity index (χ0n) is 12.1. The molecule has 110 valence electrons. The standard InChI is InChI=1S/C14H22N4O2/c1-3-11-7-10(8-13(16-11)17-15)14(19)18(2)9-12-5-4-6-20-12/h7-8,12H,3-6,9,15H2,1-2H3,(H,16,17). The van der Waals surface area contributed by atoms with Crippen molar-refractivity contribution in [2.45, 2.75) is 32.3 Å². The summed E-state index contributed by atoms with van der Waals surface area (Å²) in [5.41, 5.74) is 3.95. The van der Waals surface area contributed by atoms with Crippen LogP contribution in [-0.2, 0) is 11.2 Å². The lowest BCUT2D eigenvalue weighted by Crippen LogP contribution is -2.34. The van der Waals surface area contributed by atoms with Crippen LogP contribution in [-0.4, -0.2) is 42.1 Å². The molecule has 0 aliphatic carbocycles. The largest absolute Gasteiger partial charge is 0.376 e. The zero-order chi connectivity index (χ0) is 14.5. The second-order valence-corrected chi connectivity index (χ2v) is 5.05. The van der Waals surface area contributed by atoms with Gasteiger partial charge in [0.1, 0.15) is 5.82 Å². The molecule has 1 saturated heterocycles. The van der Waals surface area contributed by atoms with E-state index in [-0.39, 0.29) is 12.0 Å². The molecule has 0 bridgehead atoms. The highest BCUT2D eigenvalue weighted by Gasteiger charge is 2.21. The van der Waals surface area contributed by atoms with Crippen molar-refractivity contribution in [2.75, 3.05) is 25.6 Å². The van der Waals surface area contributed by atoms with E-state index in [0.29, 0.717) is 17.9 Å². The second kappa shape index (κ2) is 6.67. The molecule has 1 atom stereocenters. The minimum absolute atomic E-state index is 0.0332. The van der Waals surface area contributed by atoms with Gasteiger partial charge in [-0.15, -0.1) is 0 Å². The van der Waals surface area contributed by atoms with E-state index in [2.05, 4.69) is 10.4 Å². The monoisotopic (exact) mass is 278 g/mol. The van der Waals surface area contributed by atoms with E-state index in [1.807, 2.05) is 13.0 Å². The third-order valence-electron chi connectivity index (χ3n) is 3.48. The summed E-state index contributed by atoms with van der Waals surface area (Å²) in [6.45, 7) is 3.41. The van der Waals surface area contributed by atoms with Gasteiger partial charge in [0.05, 0.1) is 6.10 Å². The van der Waals surface area contributed by atoms with Gasteiger partial charge in [-0.25, -0.2) is 10.8 Å². The van der Waals surface area contributed by atoms with Crippen molar-refractivity contribution in [2.24, 2.45) is 5.84 Å². The summed E-state index contributed by atoms with van der Waals surface area (Å²) in [7, 11) is 1.80. The molecule has 20 heavy (non-hydrogen) atoms. The van der Waals surface area contributed by atoms with Crippen LogP contribution in [0.3, 0.4) is 0 Å². The first kappa shape index (κ1) is 14.7. The number of nitrogens with two attached hydrogens (primary N) is 1. The topological polar surface area (TPSA) is 80.5 Å². The number of hydrazine groups is 1. The van der Waals surface area contributed by atoms with E-state index in [4.69, 9.17) is 10.6 Å². The Morgan fingerprint density at radius 2 is 2.40 bits per heavy atom. The van der Waals surface area contributed by atoms with Crippen LogP contribution >= 0.6 is 0 Å². The maximum Gasteiger partial charge on any atom is 0.253 e. The van der Waals surface area contributed by atoms with Crippen molar-refractivity contribution in [3.63, 3.8) is 0 Å². The Kier molecular flexibility index (Phi) is 4.92. The Balaban J connectivity index is 2.10. The van der Waals surface area contributed by atoms with Crippen LogP contribution in [0, 0.1) is 0 Å². The number of aryl methyl sites for hydroxylation is 1. The number of ether oxygens (including phenoxy) is 1. The molecule has 0 spiro atoms. The summed E-state index contributed by atoms with van der Waals surface area (Å²) in [5.74, 6) is 5.87. The predicted octanol–water partition coefficient (Wildman–Crippen LogP) is 1.18. The molecule has 1 fully saturated rings. The highest BCUT2D eigenvalue weighted by Crippen LogP contribution is 2.16. The van der Waals surface area contributed by atoms with Gasteiger partial charge < -0.3 is 15.1 Å². The lowest BCUT2D eigenvalue weighted by atomic mass is 10.1. The van der Waals surface area contributed by atoms with E-state index in [1.165, 1.54) is 0 Å².